The molecule has 1 heterocycles. The smallest absolute Gasteiger partial charge is 0.244 e. The molecule has 17 heavy (non-hydrogen) atoms. The predicted octanol–water partition coefficient (Wildman–Crippen LogP) is 2.01. The Morgan fingerprint density at radius 3 is 2.88 bits per heavy atom. The lowest BCUT2D eigenvalue weighted by Crippen LogP contribution is -2.48. The van der Waals surface area contributed by atoms with E-state index in [-0.39, 0.29) is 17.0 Å². The van der Waals surface area contributed by atoms with Crippen LogP contribution in [-0.4, -0.2) is 25.2 Å². The monoisotopic (exact) mass is 255 g/mol. The van der Waals surface area contributed by atoms with Gasteiger partial charge in [0, 0.05) is 6.08 Å². The van der Waals surface area contributed by atoms with Gasteiger partial charge in [0.15, 0.2) is 0 Å². The maximum Gasteiger partial charge on any atom is 0.244 e. The molecule has 1 aromatic carbocycles. The molecule has 1 N–H and O–H groups in total. The summed E-state index contributed by atoms with van der Waals surface area (Å²) in [5.41, 5.74) is 0.677. The van der Waals surface area contributed by atoms with E-state index in [1.807, 2.05) is 0 Å². The number of halogens is 2. The van der Waals surface area contributed by atoms with Gasteiger partial charge in [0.05, 0.1) is 24.3 Å². The van der Waals surface area contributed by atoms with Crippen LogP contribution in [0, 0.1) is 5.82 Å². The zero-order chi connectivity index (χ0) is 12.3. The third-order valence-electron chi connectivity index (χ3n) is 2.36. The number of carbonyl (C=O) groups excluding carboxylic acids is 1. The van der Waals surface area contributed by atoms with Crippen molar-refractivity contribution in [1.29, 1.82) is 0 Å². The molecule has 1 fully saturated rings. The van der Waals surface area contributed by atoms with E-state index in [0.717, 1.165) is 0 Å². The van der Waals surface area contributed by atoms with Gasteiger partial charge >= 0.3 is 0 Å². The zero-order valence-electron chi connectivity index (χ0n) is 8.95. The SMILES string of the molecule is O=C(C=Cc1ccc(F)c(Cl)c1)NC1COC1. The average molecular weight is 256 g/mol. The Bertz CT molecular complexity index is 458. The summed E-state index contributed by atoms with van der Waals surface area (Å²) in [6.07, 6.45) is 2.97. The largest absolute Gasteiger partial charge is 0.377 e. The molecule has 3 nitrogen and oxygen atoms in total. The summed E-state index contributed by atoms with van der Waals surface area (Å²) < 4.78 is 17.8. The molecule has 5 heteroatoms. The Kier molecular flexibility index (Phi) is 3.76. The summed E-state index contributed by atoms with van der Waals surface area (Å²) >= 11 is 5.62. The van der Waals surface area contributed by atoms with Crippen molar-refractivity contribution in [2.24, 2.45) is 0 Å². The first-order valence-corrected chi connectivity index (χ1v) is 5.54. The van der Waals surface area contributed by atoms with Gasteiger partial charge in [0.2, 0.25) is 5.91 Å². The number of rotatable bonds is 3. The Morgan fingerprint density at radius 1 is 1.53 bits per heavy atom. The van der Waals surface area contributed by atoms with Crippen molar-refractivity contribution >= 4 is 23.6 Å². The first-order chi connectivity index (χ1) is 8.15. The van der Waals surface area contributed by atoms with E-state index < -0.39 is 5.82 Å². The van der Waals surface area contributed by atoms with Crippen molar-refractivity contribution in [2.75, 3.05) is 13.2 Å². The molecule has 1 amide bonds. The second kappa shape index (κ2) is 5.29. The Balaban J connectivity index is 1.94. The highest BCUT2D eigenvalue weighted by Crippen LogP contribution is 2.16. The minimum Gasteiger partial charge on any atom is -0.377 e. The quantitative estimate of drug-likeness (QED) is 0.839. The second-order valence-electron chi connectivity index (χ2n) is 3.75. The molecule has 0 unspecified atom stereocenters. The molecule has 0 aliphatic carbocycles. The first-order valence-electron chi connectivity index (χ1n) is 5.16. The number of amides is 1. The van der Waals surface area contributed by atoms with E-state index >= 15 is 0 Å². The van der Waals surface area contributed by atoms with Gasteiger partial charge in [-0.3, -0.25) is 4.79 Å². The van der Waals surface area contributed by atoms with Crippen LogP contribution in [0.25, 0.3) is 6.08 Å². The number of nitrogens with one attached hydrogen (secondary N) is 1. The number of carbonyl (C=O) groups is 1. The highest BCUT2D eigenvalue weighted by molar-refractivity contribution is 6.30. The molecule has 0 radical (unpaired) electrons. The number of hydrogen-bond donors (Lipinski definition) is 1. The van der Waals surface area contributed by atoms with Crippen molar-refractivity contribution < 1.29 is 13.9 Å². The van der Waals surface area contributed by atoms with E-state index in [0.29, 0.717) is 18.8 Å². The average Bonchev–Trinajstić information content (AvgIpc) is 2.25. The molecule has 2 rings (SSSR count). The van der Waals surface area contributed by atoms with Crippen LogP contribution >= 0.6 is 11.6 Å². The Hall–Kier alpha value is -1.39. The van der Waals surface area contributed by atoms with Crippen molar-refractivity contribution in [3.63, 3.8) is 0 Å². The summed E-state index contributed by atoms with van der Waals surface area (Å²) in [5.74, 6) is -0.668. The minimum atomic E-state index is -0.472. The van der Waals surface area contributed by atoms with Gasteiger partial charge in [0.1, 0.15) is 5.82 Å². The summed E-state index contributed by atoms with van der Waals surface area (Å²) in [6, 6.07) is 4.38. The molecule has 0 atom stereocenters. The third-order valence-corrected chi connectivity index (χ3v) is 2.64. The molecule has 0 bridgehead atoms. The van der Waals surface area contributed by atoms with Crippen molar-refractivity contribution in [3.8, 4) is 0 Å². The molecule has 1 aromatic rings. The lowest BCUT2D eigenvalue weighted by atomic mass is 10.2. The first kappa shape index (κ1) is 12.1. The van der Waals surface area contributed by atoms with Gasteiger partial charge < -0.3 is 10.1 Å². The molecule has 0 spiro atoms. The van der Waals surface area contributed by atoms with Crippen molar-refractivity contribution in [1.82, 2.24) is 5.32 Å². The topological polar surface area (TPSA) is 38.3 Å². The van der Waals surface area contributed by atoms with Crippen LogP contribution in [0.3, 0.4) is 0 Å². The maximum atomic E-state index is 12.9. The molecular weight excluding hydrogens is 245 g/mol. The highest BCUT2D eigenvalue weighted by Gasteiger charge is 2.18. The van der Waals surface area contributed by atoms with Crippen LogP contribution in [0.15, 0.2) is 24.3 Å². The standard InChI is InChI=1S/C12H11ClFNO2/c13-10-5-8(1-3-11(10)14)2-4-12(16)15-9-6-17-7-9/h1-5,9H,6-7H2,(H,15,16). The molecular formula is C12H11ClFNO2. The molecule has 0 saturated carbocycles. The van der Waals surface area contributed by atoms with Crippen molar-refractivity contribution in [2.45, 2.75) is 6.04 Å². The Labute approximate surface area is 103 Å². The van der Waals surface area contributed by atoms with E-state index in [1.54, 1.807) is 12.1 Å². The predicted molar refractivity (Wildman–Crippen MR) is 63.2 cm³/mol. The molecule has 90 valence electrons. The fourth-order valence-electron chi connectivity index (χ4n) is 1.36. The fraction of sp³-hybridized carbons (Fsp3) is 0.250. The summed E-state index contributed by atoms with van der Waals surface area (Å²) in [7, 11) is 0. The van der Waals surface area contributed by atoms with Crippen LogP contribution < -0.4 is 5.32 Å². The highest BCUT2D eigenvalue weighted by atomic mass is 35.5. The van der Waals surface area contributed by atoms with Crippen LogP contribution in [0.5, 0.6) is 0 Å². The van der Waals surface area contributed by atoms with Gasteiger partial charge in [-0.1, -0.05) is 17.7 Å². The van der Waals surface area contributed by atoms with Crippen LogP contribution in [0.2, 0.25) is 5.02 Å². The summed E-state index contributed by atoms with van der Waals surface area (Å²) in [6.45, 7) is 1.11. The van der Waals surface area contributed by atoms with E-state index in [1.165, 1.54) is 18.2 Å². The van der Waals surface area contributed by atoms with E-state index in [2.05, 4.69) is 5.32 Å². The molecule has 1 saturated heterocycles. The molecule has 0 aromatic heterocycles. The number of benzene rings is 1. The second-order valence-corrected chi connectivity index (χ2v) is 4.16. The fourth-order valence-corrected chi connectivity index (χ4v) is 1.55. The van der Waals surface area contributed by atoms with E-state index in [4.69, 9.17) is 16.3 Å². The van der Waals surface area contributed by atoms with Gasteiger partial charge in [-0.2, -0.15) is 0 Å². The lowest BCUT2D eigenvalue weighted by molar-refractivity contribution is -0.120. The van der Waals surface area contributed by atoms with Gasteiger partial charge in [0.25, 0.3) is 0 Å². The molecule has 1 aliphatic rings. The van der Waals surface area contributed by atoms with Gasteiger partial charge in [-0.15, -0.1) is 0 Å². The minimum absolute atomic E-state index is 0.0416. The zero-order valence-corrected chi connectivity index (χ0v) is 9.71. The van der Waals surface area contributed by atoms with Crippen molar-refractivity contribution in [3.05, 3.63) is 40.7 Å². The number of ether oxygens (including phenoxy) is 1. The number of hydrogen-bond acceptors (Lipinski definition) is 2. The third kappa shape index (κ3) is 3.28. The van der Waals surface area contributed by atoms with Crippen LogP contribution in [-0.2, 0) is 9.53 Å². The normalized spacial score (nSPS) is 15.9. The van der Waals surface area contributed by atoms with E-state index in [9.17, 15) is 9.18 Å². The van der Waals surface area contributed by atoms with Gasteiger partial charge in [-0.05, 0) is 23.8 Å². The summed E-state index contributed by atoms with van der Waals surface area (Å²) in [4.78, 5) is 11.4. The van der Waals surface area contributed by atoms with Crippen LogP contribution in [0.4, 0.5) is 4.39 Å². The maximum absolute atomic E-state index is 12.9. The van der Waals surface area contributed by atoms with Crippen LogP contribution in [0.1, 0.15) is 5.56 Å². The molecule has 1 aliphatic heterocycles. The summed E-state index contributed by atoms with van der Waals surface area (Å²) in [5, 5.41) is 2.80. The van der Waals surface area contributed by atoms with Gasteiger partial charge in [-0.25, -0.2) is 4.39 Å². The lowest BCUT2D eigenvalue weighted by Gasteiger charge is -2.26. The Morgan fingerprint density at radius 2 is 2.29 bits per heavy atom.